The third kappa shape index (κ3) is 2.48. The van der Waals surface area contributed by atoms with E-state index in [9.17, 15) is 0 Å². The van der Waals surface area contributed by atoms with E-state index in [0.29, 0.717) is 0 Å². The molecule has 0 unspecified atom stereocenters. The highest BCUT2D eigenvalue weighted by Gasteiger charge is 2.22. The van der Waals surface area contributed by atoms with Gasteiger partial charge in [0.25, 0.3) is 0 Å². The predicted octanol–water partition coefficient (Wildman–Crippen LogP) is 3.90. The van der Waals surface area contributed by atoms with Crippen molar-refractivity contribution < 1.29 is 0 Å². The molecule has 0 radical (unpaired) electrons. The summed E-state index contributed by atoms with van der Waals surface area (Å²) in [5.41, 5.74) is 5.46. The third-order valence-corrected chi connectivity index (χ3v) is 3.62. The first kappa shape index (κ1) is 13.0. The number of rotatable bonds is 1. The van der Waals surface area contributed by atoms with Gasteiger partial charge < -0.3 is 0 Å². The van der Waals surface area contributed by atoms with Gasteiger partial charge in [-0.05, 0) is 17.7 Å². The van der Waals surface area contributed by atoms with E-state index in [2.05, 4.69) is 36.8 Å². The van der Waals surface area contributed by atoms with Gasteiger partial charge in [-0.2, -0.15) is 0 Å². The molecule has 102 valence electrons. The smallest absolute Gasteiger partial charge is 0.0894 e. The molecule has 2 aromatic rings. The molecule has 0 atom stereocenters. The third-order valence-electron chi connectivity index (χ3n) is 3.62. The van der Waals surface area contributed by atoms with Crippen LogP contribution in [-0.4, -0.2) is 22.2 Å². The summed E-state index contributed by atoms with van der Waals surface area (Å²) in [5.74, 6) is 0. The summed E-state index contributed by atoms with van der Waals surface area (Å²) in [4.78, 5) is 13.9. The molecule has 1 aromatic heterocycles. The molecule has 0 bridgehead atoms. The minimum Gasteiger partial charge on any atom is -0.289 e. The van der Waals surface area contributed by atoms with Crippen molar-refractivity contribution in [2.75, 3.05) is 6.54 Å². The molecule has 0 amide bonds. The second-order valence-corrected chi connectivity index (χ2v) is 6.19. The Morgan fingerprint density at radius 2 is 1.80 bits per heavy atom. The number of benzene rings is 1. The molecule has 3 heteroatoms. The number of fused-ring (bicyclic) bond motifs is 1. The van der Waals surface area contributed by atoms with E-state index in [1.165, 1.54) is 11.3 Å². The van der Waals surface area contributed by atoms with E-state index < -0.39 is 0 Å². The molecule has 0 fully saturated rings. The van der Waals surface area contributed by atoms with Crippen LogP contribution in [0.5, 0.6) is 0 Å². The summed E-state index contributed by atoms with van der Waals surface area (Å²) < 4.78 is 0. The van der Waals surface area contributed by atoms with Crippen LogP contribution in [0.1, 0.15) is 32.9 Å². The van der Waals surface area contributed by atoms with Crippen LogP contribution in [0.2, 0.25) is 0 Å². The Balaban J connectivity index is 1.94. The standard InChI is InChI=1S/C17H19N3/c1-17(2,3)16-10-12(8-9-18-16)15-11-19-13-6-4-5-7-14(13)20-15/h4-8,11H,9-10H2,1-3H3. The Bertz CT molecular complexity index is 705. The fourth-order valence-corrected chi connectivity index (χ4v) is 2.38. The Morgan fingerprint density at radius 1 is 1.05 bits per heavy atom. The summed E-state index contributed by atoms with van der Waals surface area (Å²) >= 11 is 0. The van der Waals surface area contributed by atoms with E-state index in [4.69, 9.17) is 4.98 Å². The Labute approximate surface area is 119 Å². The molecule has 20 heavy (non-hydrogen) atoms. The maximum absolute atomic E-state index is 4.73. The van der Waals surface area contributed by atoms with Gasteiger partial charge in [-0.25, -0.2) is 4.98 Å². The fourth-order valence-electron chi connectivity index (χ4n) is 2.38. The van der Waals surface area contributed by atoms with Crippen molar-refractivity contribution in [2.45, 2.75) is 27.2 Å². The van der Waals surface area contributed by atoms with E-state index in [0.717, 1.165) is 29.7 Å². The molecular formula is C17H19N3. The van der Waals surface area contributed by atoms with Crippen LogP contribution in [-0.2, 0) is 0 Å². The maximum Gasteiger partial charge on any atom is 0.0894 e. The number of allylic oxidation sites excluding steroid dienone is 1. The largest absolute Gasteiger partial charge is 0.289 e. The molecule has 0 saturated carbocycles. The van der Waals surface area contributed by atoms with Gasteiger partial charge in [-0.3, -0.25) is 9.98 Å². The molecule has 1 aromatic carbocycles. The van der Waals surface area contributed by atoms with E-state index in [1.807, 2.05) is 30.5 Å². The summed E-state index contributed by atoms with van der Waals surface area (Å²) in [7, 11) is 0. The van der Waals surface area contributed by atoms with Crippen LogP contribution < -0.4 is 0 Å². The van der Waals surface area contributed by atoms with Crippen molar-refractivity contribution in [3.05, 3.63) is 42.2 Å². The van der Waals surface area contributed by atoms with E-state index in [1.54, 1.807) is 0 Å². The first-order valence-electron chi connectivity index (χ1n) is 6.99. The lowest BCUT2D eigenvalue weighted by molar-refractivity contribution is 0.580. The van der Waals surface area contributed by atoms with Crippen LogP contribution in [0, 0.1) is 5.41 Å². The lowest BCUT2D eigenvalue weighted by Crippen LogP contribution is -2.23. The molecule has 3 nitrogen and oxygen atoms in total. The first-order chi connectivity index (χ1) is 9.54. The first-order valence-corrected chi connectivity index (χ1v) is 6.99. The Morgan fingerprint density at radius 3 is 2.55 bits per heavy atom. The van der Waals surface area contributed by atoms with Crippen LogP contribution in [0.25, 0.3) is 16.6 Å². The molecule has 0 saturated heterocycles. The normalized spacial score (nSPS) is 15.9. The van der Waals surface area contributed by atoms with Crippen LogP contribution >= 0.6 is 0 Å². The second-order valence-electron chi connectivity index (χ2n) is 6.19. The van der Waals surface area contributed by atoms with Crippen molar-refractivity contribution in [1.82, 2.24) is 9.97 Å². The average Bonchev–Trinajstić information content (AvgIpc) is 2.46. The van der Waals surface area contributed by atoms with E-state index >= 15 is 0 Å². The number of dihydropyridines is 1. The predicted molar refractivity (Wildman–Crippen MR) is 83.9 cm³/mol. The summed E-state index contributed by atoms with van der Waals surface area (Å²) in [6, 6.07) is 7.98. The van der Waals surface area contributed by atoms with Crippen molar-refractivity contribution in [2.24, 2.45) is 10.4 Å². The van der Waals surface area contributed by atoms with Gasteiger partial charge in [0.2, 0.25) is 0 Å². The number of aromatic nitrogens is 2. The summed E-state index contributed by atoms with van der Waals surface area (Å²) in [6.45, 7) is 7.37. The van der Waals surface area contributed by atoms with Gasteiger partial charge in [0.15, 0.2) is 0 Å². The van der Waals surface area contributed by atoms with Crippen molar-refractivity contribution in [3.8, 4) is 0 Å². The minimum absolute atomic E-state index is 0.115. The number of aliphatic imine (C=N–C) groups is 1. The van der Waals surface area contributed by atoms with Crippen molar-refractivity contribution in [3.63, 3.8) is 0 Å². The molecule has 2 heterocycles. The van der Waals surface area contributed by atoms with Gasteiger partial charge in [-0.15, -0.1) is 0 Å². The Hall–Kier alpha value is -2.03. The highest BCUT2D eigenvalue weighted by molar-refractivity contribution is 5.98. The maximum atomic E-state index is 4.73. The van der Waals surface area contributed by atoms with Crippen LogP contribution in [0.15, 0.2) is 41.5 Å². The quantitative estimate of drug-likeness (QED) is 0.784. The molecule has 1 aliphatic heterocycles. The zero-order valence-corrected chi connectivity index (χ0v) is 12.2. The summed E-state index contributed by atoms with van der Waals surface area (Å²) in [6.07, 6.45) is 4.91. The topological polar surface area (TPSA) is 38.1 Å². The molecule has 0 aliphatic carbocycles. The average molecular weight is 265 g/mol. The summed E-state index contributed by atoms with van der Waals surface area (Å²) in [5, 5.41) is 0. The molecule has 3 rings (SSSR count). The zero-order valence-electron chi connectivity index (χ0n) is 12.2. The number of nitrogens with zero attached hydrogens (tertiary/aromatic N) is 3. The second kappa shape index (κ2) is 4.82. The highest BCUT2D eigenvalue weighted by Crippen LogP contribution is 2.28. The Kier molecular flexibility index (Phi) is 3.13. The number of para-hydroxylation sites is 2. The SMILES string of the molecule is CC(C)(C)C1=NCC=C(c2cnc3ccccc3n2)C1. The lowest BCUT2D eigenvalue weighted by atomic mass is 9.84. The number of hydrogen-bond acceptors (Lipinski definition) is 3. The van der Waals surface area contributed by atoms with E-state index in [-0.39, 0.29) is 5.41 Å². The van der Waals surface area contributed by atoms with Crippen molar-refractivity contribution >= 4 is 22.3 Å². The van der Waals surface area contributed by atoms with Crippen LogP contribution in [0.4, 0.5) is 0 Å². The molecular weight excluding hydrogens is 246 g/mol. The van der Waals surface area contributed by atoms with Gasteiger partial charge in [-0.1, -0.05) is 39.0 Å². The minimum atomic E-state index is 0.115. The molecule has 0 spiro atoms. The van der Waals surface area contributed by atoms with Gasteiger partial charge in [0.1, 0.15) is 0 Å². The van der Waals surface area contributed by atoms with Gasteiger partial charge >= 0.3 is 0 Å². The lowest BCUT2D eigenvalue weighted by Gasteiger charge is -2.25. The van der Waals surface area contributed by atoms with Gasteiger partial charge in [0, 0.05) is 17.5 Å². The monoisotopic (exact) mass is 265 g/mol. The zero-order chi connectivity index (χ0) is 14.2. The molecule has 1 aliphatic rings. The van der Waals surface area contributed by atoms with Crippen LogP contribution in [0.3, 0.4) is 0 Å². The highest BCUT2D eigenvalue weighted by atomic mass is 14.8. The van der Waals surface area contributed by atoms with Gasteiger partial charge in [0.05, 0.1) is 29.5 Å². The molecule has 0 N–H and O–H groups in total. The fraction of sp³-hybridized carbons (Fsp3) is 0.353. The number of hydrogen-bond donors (Lipinski definition) is 0. The van der Waals surface area contributed by atoms with Crippen molar-refractivity contribution in [1.29, 1.82) is 0 Å².